The Hall–Kier alpha value is -1.10. The molecule has 1 fully saturated rings. The average molecular weight is 273 g/mol. The van der Waals surface area contributed by atoms with Gasteiger partial charge in [-0.2, -0.15) is 0 Å². The monoisotopic (exact) mass is 272 g/mol. The van der Waals surface area contributed by atoms with Crippen LogP contribution < -0.4 is 4.74 Å². The predicted octanol–water partition coefficient (Wildman–Crippen LogP) is 2.53. The number of hydrogen-bond donors (Lipinski definition) is 1. The Morgan fingerprint density at radius 1 is 1.67 bits per heavy atom. The summed E-state index contributed by atoms with van der Waals surface area (Å²) in [4.78, 5) is 10.9. The molecule has 0 bridgehead atoms. The Bertz CT molecular complexity index is 486. The normalized spacial score (nSPS) is 25.5. The van der Waals surface area contributed by atoms with E-state index < -0.39 is 11.8 Å². The molecule has 2 aliphatic rings. The first-order valence-electron chi connectivity index (χ1n) is 4.51. The van der Waals surface area contributed by atoms with Gasteiger partial charge < -0.3 is 9.84 Å². The van der Waals surface area contributed by atoms with Crippen LogP contribution in [0.5, 0.6) is 5.75 Å². The van der Waals surface area contributed by atoms with Crippen molar-refractivity contribution in [2.24, 2.45) is 0 Å². The second-order valence-corrected chi connectivity index (χ2v) is 4.57. The molecule has 1 N–H and O–H groups in total. The van der Waals surface area contributed by atoms with E-state index in [4.69, 9.17) is 9.84 Å². The van der Waals surface area contributed by atoms with Crippen molar-refractivity contribution in [2.75, 3.05) is 0 Å². The Kier molecular flexibility index (Phi) is 1.66. The number of carboxylic acid groups (broad SMARTS) is 1. The maximum absolute atomic E-state index is 13.7. The minimum atomic E-state index is -1.13. The summed E-state index contributed by atoms with van der Waals surface area (Å²) in [5.41, 5.74) is 0.653. The van der Waals surface area contributed by atoms with E-state index in [9.17, 15) is 9.18 Å². The van der Waals surface area contributed by atoms with E-state index in [1.165, 1.54) is 6.07 Å². The highest BCUT2D eigenvalue weighted by molar-refractivity contribution is 9.10. The van der Waals surface area contributed by atoms with Crippen molar-refractivity contribution in [3.8, 4) is 5.75 Å². The number of rotatable bonds is 1. The van der Waals surface area contributed by atoms with Gasteiger partial charge in [-0.25, -0.2) is 9.18 Å². The fraction of sp³-hybridized carbons (Fsp3) is 0.300. The molecule has 2 unspecified atom stereocenters. The molecule has 78 valence electrons. The molecular formula is C10H6BrFO3. The molecule has 0 aromatic heterocycles. The molecule has 3 rings (SSSR count). The first kappa shape index (κ1) is 9.15. The van der Waals surface area contributed by atoms with Crippen LogP contribution in [0.1, 0.15) is 28.3 Å². The molecule has 0 saturated heterocycles. The summed E-state index contributed by atoms with van der Waals surface area (Å²) in [5, 5.41) is 8.88. The zero-order valence-electron chi connectivity index (χ0n) is 7.46. The summed E-state index contributed by atoms with van der Waals surface area (Å²) in [6, 6.07) is 1.50. The summed E-state index contributed by atoms with van der Waals surface area (Å²) >= 11 is 2.93. The van der Waals surface area contributed by atoms with Crippen molar-refractivity contribution in [3.63, 3.8) is 0 Å². The van der Waals surface area contributed by atoms with E-state index >= 15 is 0 Å². The molecule has 1 aliphatic heterocycles. The van der Waals surface area contributed by atoms with Crippen molar-refractivity contribution < 1.29 is 19.0 Å². The van der Waals surface area contributed by atoms with E-state index in [0.717, 1.165) is 6.42 Å². The van der Waals surface area contributed by atoms with Crippen molar-refractivity contribution in [2.45, 2.75) is 18.4 Å². The highest BCUT2D eigenvalue weighted by Gasteiger charge is 2.50. The topological polar surface area (TPSA) is 46.5 Å². The predicted molar refractivity (Wildman–Crippen MR) is 52.8 cm³/mol. The lowest BCUT2D eigenvalue weighted by atomic mass is 10.1. The van der Waals surface area contributed by atoms with E-state index in [2.05, 4.69) is 15.9 Å². The van der Waals surface area contributed by atoms with Crippen LogP contribution in [-0.4, -0.2) is 17.2 Å². The van der Waals surface area contributed by atoms with Crippen LogP contribution in [-0.2, 0) is 0 Å². The molecule has 0 spiro atoms. The maximum atomic E-state index is 13.7. The molecule has 3 nitrogen and oxygen atoms in total. The summed E-state index contributed by atoms with van der Waals surface area (Å²) in [7, 11) is 0. The second-order valence-electron chi connectivity index (χ2n) is 3.77. The summed E-state index contributed by atoms with van der Waals surface area (Å²) in [6.45, 7) is 0. The fourth-order valence-corrected chi connectivity index (χ4v) is 2.42. The van der Waals surface area contributed by atoms with E-state index in [0.29, 0.717) is 5.56 Å². The summed E-state index contributed by atoms with van der Waals surface area (Å²) in [5.74, 6) is -1.32. The van der Waals surface area contributed by atoms with Gasteiger partial charge in [-0.3, -0.25) is 0 Å². The van der Waals surface area contributed by atoms with Gasteiger partial charge in [0.2, 0.25) is 0 Å². The Morgan fingerprint density at radius 2 is 2.40 bits per heavy atom. The maximum Gasteiger partial charge on any atom is 0.336 e. The van der Waals surface area contributed by atoms with Crippen molar-refractivity contribution in [1.82, 2.24) is 0 Å². The molecule has 1 heterocycles. The zero-order chi connectivity index (χ0) is 10.7. The number of benzene rings is 1. The number of carbonyl (C=O) groups is 1. The molecule has 1 saturated carbocycles. The number of aromatic carboxylic acids is 1. The lowest BCUT2D eigenvalue weighted by Crippen LogP contribution is -2.02. The smallest absolute Gasteiger partial charge is 0.336 e. The van der Waals surface area contributed by atoms with E-state index in [-0.39, 0.29) is 27.8 Å². The van der Waals surface area contributed by atoms with Crippen LogP contribution >= 0.6 is 15.9 Å². The van der Waals surface area contributed by atoms with Gasteiger partial charge >= 0.3 is 5.97 Å². The van der Waals surface area contributed by atoms with Crippen LogP contribution in [0, 0.1) is 5.82 Å². The first-order valence-corrected chi connectivity index (χ1v) is 5.30. The minimum Gasteiger partial charge on any atom is -0.486 e. The molecule has 5 heteroatoms. The highest BCUT2D eigenvalue weighted by Crippen LogP contribution is 2.55. The lowest BCUT2D eigenvalue weighted by Gasteiger charge is -2.08. The molecular weight excluding hydrogens is 267 g/mol. The van der Waals surface area contributed by atoms with Crippen LogP contribution in [0.25, 0.3) is 0 Å². The van der Waals surface area contributed by atoms with Crippen LogP contribution in [0.3, 0.4) is 0 Å². The molecule has 2 atom stereocenters. The summed E-state index contributed by atoms with van der Waals surface area (Å²) in [6.07, 6.45) is 0.929. The third kappa shape index (κ3) is 1.13. The van der Waals surface area contributed by atoms with Gasteiger partial charge in [0, 0.05) is 11.5 Å². The number of fused-ring (bicyclic) bond motifs is 3. The first-order chi connectivity index (χ1) is 7.09. The standard InChI is InChI=1S/C10H6BrFO3/c11-7-5(10(13)14)1-4-3-2-6(3)15-9(4)8(7)12/h1,3,6H,2H2,(H,13,14). The Balaban J connectivity index is 2.24. The van der Waals surface area contributed by atoms with Gasteiger partial charge in [0.1, 0.15) is 6.10 Å². The number of halogens is 2. The molecule has 0 radical (unpaired) electrons. The number of carboxylic acids is 1. The van der Waals surface area contributed by atoms with Crippen LogP contribution in [0.15, 0.2) is 10.5 Å². The van der Waals surface area contributed by atoms with Gasteiger partial charge in [-0.15, -0.1) is 0 Å². The molecule has 1 aromatic carbocycles. The molecule has 15 heavy (non-hydrogen) atoms. The lowest BCUT2D eigenvalue weighted by molar-refractivity contribution is 0.0695. The van der Waals surface area contributed by atoms with Crippen molar-refractivity contribution in [1.29, 1.82) is 0 Å². The van der Waals surface area contributed by atoms with E-state index in [1.807, 2.05) is 0 Å². The number of ether oxygens (including phenoxy) is 1. The van der Waals surface area contributed by atoms with Gasteiger partial charge in [-0.1, -0.05) is 0 Å². The molecule has 1 aliphatic carbocycles. The average Bonchev–Trinajstić information content (AvgIpc) is 2.86. The second kappa shape index (κ2) is 2.72. The summed E-state index contributed by atoms with van der Waals surface area (Å²) < 4.78 is 19.0. The van der Waals surface area contributed by atoms with Gasteiger partial charge in [0.15, 0.2) is 11.6 Å². The van der Waals surface area contributed by atoms with Gasteiger partial charge in [0.25, 0.3) is 0 Å². The quantitative estimate of drug-likeness (QED) is 0.855. The Labute approximate surface area is 93.0 Å². The largest absolute Gasteiger partial charge is 0.486 e. The minimum absolute atomic E-state index is 0.0324. The van der Waals surface area contributed by atoms with Crippen molar-refractivity contribution in [3.05, 3.63) is 27.5 Å². The van der Waals surface area contributed by atoms with Gasteiger partial charge in [-0.05, 0) is 28.4 Å². The molecule has 1 aromatic rings. The number of hydrogen-bond acceptors (Lipinski definition) is 2. The van der Waals surface area contributed by atoms with Crippen LogP contribution in [0.2, 0.25) is 0 Å². The zero-order valence-corrected chi connectivity index (χ0v) is 9.04. The third-order valence-corrected chi connectivity index (χ3v) is 3.60. The van der Waals surface area contributed by atoms with Crippen molar-refractivity contribution >= 4 is 21.9 Å². The fourth-order valence-electron chi connectivity index (χ4n) is 1.96. The third-order valence-electron chi connectivity index (χ3n) is 2.82. The van der Waals surface area contributed by atoms with Crippen LogP contribution in [0.4, 0.5) is 4.39 Å². The van der Waals surface area contributed by atoms with Gasteiger partial charge in [0.05, 0.1) is 10.0 Å². The highest BCUT2D eigenvalue weighted by atomic mass is 79.9. The Morgan fingerprint density at radius 3 is 3.07 bits per heavy atom. The molecule has 0 amide bonds. The van der Waals surface area contributed by atoms with E-state index in [1.54, 1.807) is 0 Å². The SMILES string of the molecule is O=C(O)c1cc2c(c(F)c1Br)OC1CC21.